The maximum atomic E-state index is 11.5. The Labute approximate surface area is 181 Å². The van der Waals surface area contributed by atoms with E-state index in [0.717, 1.165) is 43.1 Å². The third kappa shape index (κ3) is 4.34. The summed E-state index contributed by atoms with van der Waals surface area (Å²) in [5.41, 5.74) is 5.20. The van der Waals surface area contributed by atoms with E-state index in [1.807, 2.05) is 24.3 Å². The molecule has 0 radical (unpaired) electrons. The van der Waals surface area contributed by atoms with Gasteiger partial charge >= 0.3 is 0 Å². The van der Waals surface area contributed by atoms with Crippen LogP contribution in [0, 0.1) is 18.6 Å². The molecule has 0 bridgehead atoms. The first-order valence-corrected chi connectivity index (χ1v) is 10.5. The van der Waals surface area contributed by atoms with Crippen LogP contribution in [-0.2, 0) is 6.67 Å². The number of carbonyl (C=O) groups excluding carboxylic acids is 1. The van der Waals surface area contributed by atoms with Crippen molar-refractivity contribution in [2.24, 2.45) is 0 Å². The highest BCUT2D eigenvalue weighted by Crippen LogP contribution is 2.18. The van der Waals surface area contributed by atoms with Gasteiger partial charge < -0.3 is 4.90 Å². The zero-order valence-corrected chi connectivity index (χ0v) is 18.4. The average Bonchev–Trinajstić information content (AvgIpc) is 3.08. The molecule has 0 unspecified atom stereocenters. The molecule has 1 saturated heterocycles. The molecule has 0 atom stereocenters. The minimum absolute atomic E-state index is 0.0944. The molecule has 7 nitrogen and oxygen atoms in total. The van der Waals surface area contributed by atoms with Gasteiger partial charge in [-0.3, -0.25) is 9.69 Å². The second-order valence-electron chi connectivity index (χ2n) is 7.87. The van der Waals surface area contributed by atoms with E-state index < -0.39 is 0 Å². The van der Waals surface area contributed by atoms with E-state index in [4.69, 9.17) is 12.2 Å². The van der Waals surface area contributed by atoms with Gasteiger partial charge in [0.1, 0.15) is 0 Å². The van der Waals surface area contributed by atoms with E-state index in [2.05, 4.69) is 52.3 Å². The van der Waals surface area contributed by atoms with E-state index in [9.17, 15) is 4.79 Å². The maximum absolute atomic E-state index is 11.5. The minimum Gasteiger partial charge on any atom is -0.369 e. The van der Waals surface area contributed by atoms with Gasteiger partial charge in [0, 0.05) is 37.4 Å². The average molecular weight is 423 g/mol. The van der Waals surface area contributed by atoms with Crippen LogP contribution in [0.2, 0.25) is 0 Å². The highest BCUT2D eigenvalue weighted by molar-refractivity contribution is 7.71. The van der Waals surface area contributed by atoms with Crippen LogP contribution in [0.15, 0.2) is 42.5 Å². The normalized spacial score (nSPS) is 14.8. The molecule has 0 amide bonds. The summed E-state index contributed by atoms with van der Waals surface area (Å²) in [6.45, 7) is 10.0. The van der Waals surface area contributed by atoms with Gasteiger partial charge in [-0.15, -0.1) is 0 Å². The van der Waals surface area contributed by atoms with Gasteiger partial charge in [-0.05, 0) is 90.9 Å². The summed E-state index contributed by atoms with van der Waals surface area (Å²) in [4.78, 5) is 16.1. The number of hydrogen-bond donors (Lipinski definition) is 0. The molecule has 1 aromatic heterocycles. The van der Waals surface area contributed by atoms with Crippen molar-refractivity contribution < 1.29 is 4.79 Å². The highest BCUT2D eigenvalue weighted by Gasteiger charge is 2.19. The Morgan fingerprint density at radius 1 is 0.933 bits per heavy atom. The molecule has 156 valence electrons. The van der Waals surface area contributed by atoms with Crippen LogP contribution in [0.1, 0.15) is 28.4 Å². The molecule has 8 heteroatoms. The Morgan fingerprint density at radius 3 is 2.17 bits per heavy atom. The van der Waals surface area contributed by atoms with Gasteiger partial charge in [0.25, 0.3) is 0 Å². The molecule has 0 saturated carbocycles. The van der Waals surface area contributed by atoms with E-state index in [0.29, 0.717) is 11.4 Å². The summed E-state index contributed by atoms with van der Waals surface area (Å²) in [7, 11) is 0. The van der Waals surface area contributed by atoms with Crippen molar-refractivity contribution in [3.63, 3.8) is 0 Å². The second-order valence-corrected chi connectivity index (χ2v) is 8.23. The molecule has 1 aliphatic rings. The third-order valence-corrected chi connectivity index (χ3v) is 5.82. The number of rotatable bonds is 5. The first kappa shape index (κ1) is 20.4. The number of benzene rings is 2. The van der Waals surface area contributed by atoms with Crippen LogP contribution in [0.3, 0.4) is 0 Å². The van der Waals surface area contributed by atoms with Crippen molar-refractivity contribution in [1.29, 1.82) is 0 Å². The SMILES string of the molecule is CC(=O)c1ccc(N2CCN(Cn3nnn(-c4cc(C)cc(C)c4)c3=S)CC2)cc1. The van der Waals surface area contributed by atoms with Crippen LogP contribution in [0.25, 0.3) is 5.69 Å². The monoisotopic (exact) mass is 422 g/mol. The van der Waals surface area contributed by atoms with Gasteiger partial charge in [0.2, 0.25) is 4.77 Å². The largest absolute Gasteiger partial charge is 0.369 e. The first-order chi connectivity index (χ1) is 14.4. The Balaban J connectivity index is 1.40. The zero-order chi connectivity index (χ0) is 21.3. The fourth-order valence-electron chi connectivity index (χ4n) is 3.84. The predicted molar refractivity (Wildman–Crippen MR) is 120 cm³/mol. The molecule has 0 spiro atoms. The van der Waals surface area contributed by atoms with Crippen LogP contribution in [-0.4, -0.2) is 56.7 Å². The Kier molecular flexibility index (Phi) is 5.78. The summed E-state index contributed by atoms with van der Waals surface area (Å²) in [6.07, 6.45) is 0. The highest BCUT2D eigenvalue weighted by atomic mass is 32.1. The Bertz CT molecular complexity index is 1090. The number of anilines is 1. The van der Waals surface area contributed by atoms with Crippen molar-refractivity contribution >= 4 is 23.7 Å². The lowest BCUT2D eigenvalue weighted by Crippen LogP contribution is -2.47. The van der Waals surface area contributed by atoms with E-state index >= 15 is 0 Å². The number of aryl methyl sites for hydroxylation is 2. The number of aromatic nitrogens is 4. The molecule has 0 N–H and O–H groups in total. The topological polar surface area (TPSA) is 59.2 Å². The first-order valence-electron chi connectivity index (χ1n) is 10.1. The van der Waals surface area contributed by atoms with Crippen molar-refractivity contribution in [3.05, 3.63) is 63.9 Å². The van der Waals surface area contributed by atoms with E-state index in [-0.39, 0.29) is 5.78 Å². The van der Waals surface area contributed by atoms with Gasteiger partial charge in [0.05, 0.1) is 12.4 Å². The summed E-state index contributed by atoms with van der Waals surface area (Å²) in [5.74, 6) is 0.0944. The van der Waals surface area contributed by atoms with Crippen LogP contribution >= 0.6 is 12.2 Å². The summed E-state index contributed by atoms with van der Waals surface area (Å²) >= 11 is 5.63. The lowest BCUT2D eigenvalue weighted by molar-refractivity contribution is 0.101. The van der Waals surface area contributed by atoms with E-state index in [1.54, 1.807) is 16.3 Å². The summed E-state index contributed by atoms with van der Waals surface area (Å²) < 4.78 is 4.11. The zero-order valence-electron chi connectivity index (χ0n) is 17.6. The van der Waals surface area contributed by atoms with Gasteiger partial charge in [-0.1, -0.05) is 6.07 Å². The smallest absolute Gasteiger partial charge is 0.221 e. The molecule has 2 aromatic carbocycles. The van der Waals surface area contributed by atoms with Gasteiger partial charge in [-0.25, -0.2) is 4.68 Å². The molecule has 1 aliphatic heterocycles. The number of piperazine rings is 1. The van der Waals surface area contributed by atoms with Crippen LogP contribution in [0.4, 0.5) is 5.69 Å². The molecule has 1 fully saturated rings. The standard InChI is InChI=1S/C22H26N6OS/c1-16-12-17(2)14-21(13-16)28-22(30)27(23-24-28)15-25-8-10-26(11-9-25)20-6-4-19(5-7-20)18(3)29/h4-7,12-14H,8-11,15H2,1-3H3. The predicted octanol–water partition coefficient (Wildman–Crippen LogP) is 3.40. The lowest BCUT2D eigenvalue weighted by Gasteiger charge is -2.35. The summed E-state index contributed by atoms with van der Waals surface area (Å²) in [6, 6.07) is 14.1. The number of carbonyl (C=O) groups is 1. The quantitative estimate of drug-likeness (QED) is 0.464. The molecule has 3 aromatic rings. The molecule has 2 heterocycles. The van der Waals surface area contributed by atoms with Crippen LogP contribution in [0.5, 0.6) is 0 Å². The van der Waals surface area contributed by atoms with Crippen LogP contribution < -0.4 is 4.90 Å². The minimum atomic E-state index is 0.0944. The van der Waals surface area contributed by atoms with Crippen molar-refractivity contribution in [1.82, 2.24) is 24.7 Å². The number of ketones is 1. The van der Waals surface area contributed by atoms with E-state index in [1.165, 1.54) is 11.1 Å². The third-order valence-electron chi connectivity index (χ3n) is 5.44. The summed E-state index contributed by atoms with van der Waals surface area (Å²) in [5, 5.41) is 8.57. The van der Waals surface area contributed by atoms with Crippen molar-refractivity contribution in [2.45, 2.75) is 27.4 Å². The van der Waals surface area contributed by atoms with Gasteiger partial charge in [-0.2, -0.15) is 4.68 Å². The Hall–Kier alpha value is -2.84. The van der Waals surface area contributed by atoms with Crippen molar-refractivity contribution in [2.75, 3.05) is 31.1 Å². The molecular weight excluding hydrogens is 396 g/mol. The number of Topliss-reactive ketones (excluding diaryl/α,β-unsaturated/α-hetero) is 1. The fourth-order valence-corrected chi connectivity index (χ4v) is 4.08. The number of tetrazole rings is 1. The number of hydrogen-bond acceptors (Lipinski definition) is 6. The molecule has 30 heavy (non-hydrogen) atoms. The lowest BCUT2D eigenvalue weighted by atomic mass is 10.1. The molecule has 4 rings (SSSR count). The molecule has 0 aliphatic carbocycles. The van der Waals surface area contributed by atoms with Gasteiger partial charge in [0.15, 0.2) is 5.78 Å². The number of nitrogens with zero attached hydrogens (tertiary/aromatic N) is 6. The van der Waals surface area contributed by atoms with Crippen molar-refractivity contribution in [3.8, 4) is 5.69 Å². The molecular formula is C22H26N6OS. The Morgan fingerprint density at radius 2 is 1.57 bits per heavy atom. The fraction of sp³-hybridized carbons (Fsp3) is 0.364. The second kappa shape index (κ2) is 8.49. The maximum Gasteiger partial charge on any atom is 0.221 e.